The SMILES string of the molecule is CCC(CC)Oc1cc(CC#N)ncc1OC. The second-order valence-electron chi connectivity index (χ2n) is 3.72. The van der Waals surface area contributed by atoms with Gasteiger partial charge in [-0.05, 0) is 12.8 Å². The molecule has 0 saturated carbocycles. The minimum Gasteiger partial charge on any atom is -0.491 e. The number of rotatable bonds is 6. The number of ether oxygens (including phenoxy) is 2. The van der Waals surface area contributed by atoms with Crippen LogP contribution < -0.4 is 9.47 Å². The van der Waals surface area contributed by atoms with Gasteiger partial charge in [-0.2, -0.15) is 5.26 Å². The second kappa shape index (κ2) is 6.74. The lowest BCUT2D eigenvalue weighted by Gasteiger charge is -2.17. The maximum Gasteiger partial charge on any atom is 0.179 e. The van der Waals surface area contributed by atoms with Crippen LogP contribution in [0, 0.1) is 11.3 Å². The average Bonchev–Trinajstić information content (AvgIpc) is 2.36. The topological polar surface area (TPSA) is 55.1 Å². The molecule has 17 heavy (non-hydrogen) atoms. The van der Waals surface area contributed by atoms with Crippen LogP contribution in [-0.4, -0.2) is 18.2 Å². The minimum atomic E-state index is 0.168. The molecule has 0 atom stereocenters. The van der Waals surface area contributed by atoms with Crippen molar-refractivity contribution in [2.45, 2.75) is 39.2 Å². The second-order valence-corrected chi connectivity index (χ2v) is 3.72. The summed E-state index contributed by atoms with van der Waals surface area (Å²) >= 11 is 0. The van der Waals surface area contributed by atoms with E-state index in [4.69, 9.17) is 14.7 Å². The van der Waals surface area contributed by atoms with Gasteiger partial charge in [-0.3, -0.25) is 4.98 Å². The highest BCUT2D eigenvalue weighted by molar-refractivity contribution is 5.39. The van der Waals surface area contributed by atoms with E-state index in [-0.39, 0.29) is 12.5 Å². The molecule has 0 aliphatic carbocycles. The van der Waals surface area contributed by atoms with Gasteiger partial charge in [0.1, 0.15) is 0 Å². The van der Waals surface area contributed by atoms with E-state index in [0.717, 1.165) is 12.8 Å². The summed E-state index contributed by atoms with van der Waals surface area (Å²) in [7, 11) is 1.58. The van der Waals surface area contributed by atoms with Gasteiger partial charge in [-0.25, -0.2) is 0 Å². The first-order chi connectivity index (χ1) is 8.24. The molecule has 0 amide bonds. The van der Waals surface area contributed by atoms with E-state index < -0.39 is 0 Å². The first-order valence-electron chi connectivity index (χ1n) is 5.81. The van der Waals surface area contributed by atoms with Crippen LogP contribution in [0.5, 0.6) is 11.5 Å². The molecule has 4 nitrogen and oxygen atoms in total. The van der Waals surface area contributed by atoms with E-state index in [1.807, 2.05) is 0 Å². The van der Waals surface area contributed by atoms with Crippen LogP contribution in [0.1, 0.15) is 32.4 Å². The van der Waals surface area contributed by atoms with Gasteiger partial charge in [-0.1, -0.05) is 13.8 Å². The van der Waals surface area contributed by atoms with Crippen LogP contribution in [0.2, 0.25) is 0 Å². The van der Waals surface area contributed by atoms with Crippen molar-refractivity contribution in [3.8, 4) is 17.6 Å². The molecule has 1 rings (SSSR count). The van der Waals surface area contributed by atoms with E-state index >= 15 is 0 Å². The van der Waals surface area contributed by atoms with Gasteiger partial charge in [0.15, 0.2) is 11.5 Å². The number of hydrogen-bond donors (Lipinski definition) is 0. The van der Waals surface area contributed by atoms with E-state index in [1.165, 1.54) is 0 Å². The monoisotopic (exact) mass is 234 g/mol. The summed E-state index contributed by atoms with van der Waals surface area (Å²) in [5.74, 6) is 1.28. The standard InChI is InChI=1S/C13H18N2O2/c1-4-11(5-2)17-12-8-10(6-7-14)15-9-13(12)16-3/h8-9,11H,4-6H2,1-3H3. The maximum atomic E-state index is 8.65. The smallest absolute Gasteiger partial charge is 0.179 e. The molecule has 0 N–H and O–H groups in total. The Hall–Kier alpha value is -1.76. The van der Waals surface area contributed by atoms with Crippen molar-refractivity contribution >= 4 is 0 Å². The fourth-order valence-corrected chi connectivity index (χ4v) is 1.52. The zero-order valence-corrected chi connectivity index (χ0v) is 10.6. The number of nitrogens with zero attached hydrogens (tertiary/aromatic N) is 2. The first kappa shape index (κ1) is 13.3. The molecule has 0 spiro atoms. The molecule has 0 unspecified atom stereocenters. The fourth-order valence-electron chi connectivity index (χ4n) is 1.52. The van der Waals surface area contributed by atoms with Crippen LogP contribution >= 0.6 is 0 Å². The number of nitriles is 1. The van der Waals surface area contributed by atoms with E-state index in [1.54, 1.807) is 19.4 Å². The largest absolute Gasteiger partial charge is 0.491 e. The summed E-state index contributed by atoms with van der Waals surface area (Å²) < 4.78 is 11.0. The number of aromatic nitrogens is 1. The molecule has 0 fully saturated rings. The van der Waals surface area contributed by atoms with Gasteiger partial charge in [0.05, 0.1) is 37.6 Å². The Morgan fingerprint density at radius 3 is 2.59 bits per heavy atom. The van der Waals surface area contributed by atoms with Gasteiger partial charge in [0.2, 0.25) is 0 Å². The molecule has 0 bridgehead atoms. The predicted molar refractivity (Wildman–Crippen MR) is 65.1 cm³/mol. The summed E-state index contributed by atoms with van der Waals surface area (Å²) in [6, 6.07) is 3.85. The highest BCUT2D eigenvalue weighted by atomic mass is 16.5. The third-order valence-electron chi connectivity index (χ3n) is 2.57. The summed E-state index contributed by atoms with van der Waals surface area (Å²) in [5.41, 5.74) is 0.703. The van der Waals surface area contributed by atoms with Crippen LogP contribution in [-0.2, 0) is 6.42 Å². The Labute approximate surface area is 102 Å². The Bertz CT molecular complexity index is 395. The van der Waals surface area contributed by atoms with Crippen molar-refractivity contribution < 1.29 is 9.47 Å². The highest BCUT2D eigenvalue weighted by Crippen LogP contribution is 2.28. The van der Waals surface area contributed by atoms with Crippen LogP contribution in [0.4, 0.5) is 0 Å². The van der Waals surface area contributed by atoms with Crippen molar-refractivity contribution in [2.75, 3.05) is 7.11 Å². The van der Waals surface area contributed by atoms with Gasteiger partial charge < -0.3 is 9.47 Å². The number of hydrogen-bond acceptors (Lipinski definition) is 4. The zero-order valence-electron chi connectivity index (χ0n) is 10.6. The Kier molecular flexibility index (Phi) is 5.28. The number of pyridine rings is 1. The molecule has 4 heteroatoms. The normalized spacial score (nSPS) is 10.1. The molecule has 1 aromatic rings. The van der Waals surface area contributed by atoms with E-state index in [0.29, 0.717) is 17.2 Å². The van der Waals surface area contributed by atoms with Gasteiger partial charge in [0, 0.05) is 6.07 Å². The Morgan fingerprint density at radius 2 is 2.06 bits per heavy atom. The molecule has 1 aromatic heterocycles. The highest BCUT2D eigenvalue weighted by Gasteiger charge is 2.11. The van der Waals surface area contributed by atoms with Crippen LogP contribution in [0.25, 0.3) is 0 Å². The summed E-state index contributed by atoms with van der Waals surface area (Å²) in [6.07, 6.45) is 3.93. The van der Waals surface area contributed by atoms with Crippen molar-refractivity contribution in [1.29, 1.82) is 5.26 Å². The first-order valence-corrected chi connectivity index (χ1v) is 5.81. The van der Waals surface area contributed by atoms with Crippen LogP contribution in [0.3, 0.4) is 0 Å². The van der Waals surface area contributed by atoms with Gasteiger partial charge in [0.25, 0.3) is 0 Å². The summed E-state index contributed by atoms with van der Waals surface area (Å²) in [4.78, 5) is 4.13. The Balaban J connectivity index is 2.93. The molecule has 1 heterocycles. The zero-order chi connectivity index (χ0) is 12.7. The molecule has 0 radical (unpaired) electrons. The molecular formula is C13H18N2O2. The maximum absolute atomic E-state index is 8.65. The fraction of sp³-hybridized carbons (Fsp3) is 0.538. The van der Waals surface area contributed by atoms with Crippen LogP contribution in [0.15, 0.2) is 12.3 Å². The molecule has 0 aromatic carbocycles. The molecule has 92 valence electrons. The lowest BCUT2D eigenvalue weighted by molar-refractivity contribution is 0.184. The van der Waals surface area contributed by atoms with Gasteiger partial charge in [-0.15, -0.1) is 0 Å². The van der Waals surface area contributed by atoms with E-state index in [9.17, 15) is 0 Å². The van der Waals surface area contributed by atoms with Crippen molar-refractivity contribution in [3.05, 3.63) is 18.0 Å². The minimum absolute atomic E-state index is 0.168. The van der Waals surface area contributed by atoms with Crippen molar-refractivity contribution in [1.82, 2.24) is 4.98 Å². The predicted octanol–water partition coefficient (Wildman–Crippen LogP) is 2.72. The van der Waals surface area contributed by atoms with Crippen molar-refractivity contribution in [2.24, 2.45) is 0 Å². The molecule has 0 saturated heterocycles. The molecule has 0 aliphatic heterocycles. The lowest BCUT2D eigenvalue weighted by atomic mass is 10.2. The Morgan fingerprint density at radius 1 is 1.35 bits per heavy atom. The summed E-state index contributed by atoms with van der Waals surface area (Å²) in [5, 5.41) is 8.65. The van der Waals surface area contributed by atoms with Crippen molar-refractivity contribution in [3.63, 3.8) is 0 Å². The molecule has 0 aliphatic rings. The number of methoxy groups -OCH3 is 1. The van der Waals surface area contributed by atoms with Gasteiger partial charge >= 0.3 is 0 Å². The third kappa shape index (κ3) is 3.63. The average molecular weight is 234 g/mol. The third-order valence-corrected chi connectivity index (χ3v) is 2.57. The van der Waals surface area contributed by atoms with E-state index in [2.05, 4.69) is 24.9 Å². The molecular weight excluding hydrogens is 216 g/mol. The quantitative estimate of drug-likeness (QED) is 0.759. The summed E-state index contributed by atoms with van der Waals surface area (Å²) in [6.45, 7) is 4.16. The lowest BCUT2D eigenvalue weighted by Crippen LogP contribution is -2.14.